The molecular weight excluding hydrogens is 236 g/mol. The molecule has 0 aliphatic heterocycles. The summed E-state index contributed by atoms with van der Waals surface area (Å²) < 4.78 is 1.99. The summed E-state index contributed by atoms with van der Waals surface area (Å²) in [4.78, 5) is 0. The van der Waals surface area contributed by atoms with E-state index in [0.29, 0.717) is 5.25 Å². The molecular formula is C8H12N2OS3. The van der Waals surface area contributed by atoms with E-state index >= 15 is 0 Å². The van der Waals surface area contributed by atoms with Crippen LogP contribution >= 0.6 is 34.9 Å². The van der Waals surface area contributed by atoms with Gasteiger partial charge in [0, 0.05) is 5.25 Å². The Hall–Kier alpha value is 0.220. The third-order valence-electron chi connectivity index (χ3n) is 2.23. The lowest BCUT2D eigenvalue weighted by molar-refractivity contribution is 0.188. The molecule has 1 saturated carbocycles. The second-order valence-electron chi connectivity index (χ2n) is 3.19. The fraction of sp³-hybridized carbons (Fsp3) is 0.750. The molecule has 1 fully saturated rings. The van der Waals surface area contributed by atoms with Gasteiger partial charge in [-0.25, -0.2) is 0 Å². The van der Waals surface area contributed by atoms with E-state index in [1.165, 1.54) is 0 Å². The second kappa shape index (κ2) is 4.83. The van der Waals surface area contributed by atoms with Gasteiger partial charge in [0.1, 0.15) is 0 Å². The van der Waals surface area contributed by atoms with Crippen molar-refractivity contribution < 1.29 is 5.11 Å². The molecule has 0 amide bonds. The summed E-state index contributed by atoms with van der Waals surface area (Å²) in [6.07, 6.45) is 5.01. The molecule has 0 bridgehead atoms. The van der Waals surface area contributed by atoms with Gasteiger partial charge in [-0.3, -0.25) is 0 Å². The van der Waals surface area contributed by atoms with Crippen LogP contribution < -0.4 is 0 Å². The zero-order valence-corrected chi connectivity index (χ0v) is 10.3. The Balaban J connectivity index is 1.96. The Kier molecular flexibility index (Phi) is 3.70. The maximum absolute atomic E-state index is 9.64. The molecule has 6 heteroatoms. The van der Waals surface area contributed by atoms with Crippen LogP contribution in [-0.4, -0.2) is 32.9 Å². The van der Waals surface area contributed by atoms with Crippen LogP contribution in [0.3, 0.4) is 0 Å². The van der Waals surface area contributed by atoms with Gasteiger partial charge >= 0.3 is 0 Å². The minimum atomic E-state index is -0.151. The number of aliphatic hydroxyl groups excluding tert-OH is 1. The van der Waals surface area contributed by atoms with Crippen molar-refractivity contribution in [2.75, 3.05) is 6.26 Å². The Morgan fingerprint density at radius 3 is 2.71 bits per heavy atom. The first kappa shape index (κ1) is 10.7. The minimum absolute atomic E-state index is 0.151. The number of rotatable bonds is 3. The molecule has 1 aliphatic rings. The molecule has 0 saturated heterocycles. The first-order valence-corrected chi connectivity index (χ1v) is 7.44. The van der Waals surface area contributed by atoms with E-state index in [2.05, 4.69) is 10.2 Å². The van der Waals surface area contributed by atoms with Crippen molar-refractivity contribution in [2.45, 2.75) is 39.3 Å². The predicted octanol–water partition coefficient (Wildman–Crippen LogP) is 2.27. The van der Waals surface area contributed by atoms with Gasteiger partial charge in [0.2, 0.25) is 0 Å². The Labute approximate surface area is 95.7 Å². The second-order valence-corrected chi connectivity index (χ2v) is 6.71. The van der Waals surface area contributed by atoms with Crippen LogP contribution in [-0.2, 0) is 0 Å². The highest BCUT2D eigenvalue weighted by Gasteiger charge is 2.27. The maximum atomic E-state index is 9.64. The Morgan fingerprint density at radius 2 is 2.14 bits per heavy atom. The predicted molar refractivity (Wildman–Crippen MR) is 61.2 cm³/mol. The van der Waals surface area contributed by atoms with E-state index in [-0.39, 0.29) is 6.10 Å². The number of aliphatic hydroxyl groups is 1. The molecule has 3 nitrogen and oxygen atoms in total. The zero-order valence-electron chi connectivity index (χ0n) is 7.84. The third kappa shape index (κ3) is 2.42. The summed E-state index contributed by atoms with van der Waals surface area (Å²) in [5, 5.41) is 18.1. The van der Waals surface area contributed by atoms with E-state index in [1.54, 1.807) is 34.9 Å². The van der Waals surface area contributed by atoms with Gasteiger partial charge in [-0.15, -0.1) is 10.2 Å². The highest BCUT2D eigenvalue weighted by molar-refractivity contribution is 8.03. The average molecular weight is 248 g/mol. The Morgan fingerprint density at radius 1 is 1.36 bits per heavy atom. The summed E-state index contributed by atoms with van der Waals surface area (Å²) >= 11 is 4.91. The highest BCUT2D eigenvalue weighted by atomic mass is 32.2. The number of aromatic nitrogens is 2. The van der Waals surface area contributed by atoms with E-state index in [4.69, 9.17) is 0 Å². The summed E-state index contributed by atoms with van der Waals surface area (Å²) in [5.74, 6) is 0. The van der Waals surface area contributed by atoms with Crippen LogP contribution in [0, 0.1) is 0 Å². The monoisotopic (exact) mass is 248 g/mol. The number of hydrogen-bond donors (Lipinski definition) is 1. The molecule has 1 aromatic rings. The largest absolute Gasteiger partial charge is 0.392 e. The van der Waals surface area contributed by atoms with Crippen molar-refractivity contribution in [2.24, 2.45) is 0 Å². The smallest absolute Gasteiger partial charge is 0.175 e. The van der Waals surface area contributed by atoms with Crippen molar-refractivity contribution >= 4 is 34.9 Å². The number of hydrogen-bond acceptors (Lipinski definition) is 6. The molecule has 1 heterocycles. The van der Waals surface area contributed by atoms with Crippen LogP contribution in [0.1, 0.15) is 19.3 Å². The molecule has 0 aromatic carbocycles. The first-order chi connectivity index (χ1) is 6.79. The van der Waals surface area contributed by atoms with Gasteiger partial charge in [0.05, 0.1) is 6.10 Å². The summed E-state index contributed by atoms with van der Waals surface area (Å²) in [5.41, 5.74) is 0. The van der Waals surface area contributed by atoms with E-state index in [1.807, 2.05) is 6.26 Å². The fourth-order valence-electron chi connectivity index (χ4n) is 1.50. The third-order valence-corrected chi connectivity index (χ3v) is 5.60. The summed E-state index contributed by atoms with van der Waals surface area (Å²) in [6, 6.07) is 0. The van der Waals surface area contributed by atoms with Crippen molar-refractivity contribution in [3.05, 3.63) is 0 Å². The molecule has 1 N–H and O–H groups in total. The molecule has 14 heavy (non-hydrogen) atoms. The maximum Gasteiger partial charge on any atom is 0.175 e. The van der Waals surface area contributed by atoms with Crippen molar-refractivity contribution in [3.8, 4) is 0 Å². The topological polar surface area (TPSA) is 46.0 Å². The molecule has 2 atom stereocenters. The highest BCUT2D eigenvalue weighted by Crippen LogP contribution is 2.37. The lowest BCUT2D eigenvalue weighted by atomic mass is 10.3. The van der Waals surface area contributed by atoms with Crippen LogP contribution in [0.4, 0.5) is 0 Å². The van der Waals surface area contributed by atoms with Crippen LogP contribution in [0.2, 0.25) is 0 Å². The van der Waals surface area contributed by atoms with Gasteiger partial charge in [0.25, 0.3) is 0 Å². The van der Waals surface area contributed by atoms with Gasteiger partial charge in [-0.2, -0.15) is 0 Å². The SMILES string of the molecule is CSc1nnc(S[C@H]2CCC[C@@H]2O)s1. The molecule has 0 spiro atoms. The minimum Gasteiger partial charge on any atom is -0.392 e. The van der Waals surface area contributed by atoms with E-state index in [9.17, 15) is 5.11 Å². The van der Waals surface area contributed by atoms with E-state index < -0.39 is 0 Å². The normalized spacial score (nSPS) is 27.0. The molecule has 1 aliphatic carbocycles. The van der Waals surface area contributed by atoms with Crippen LogP contribution in [0.25, 0.3) is 0 Å². The number of thioether (sulfide) groups is 2. The molecule has 1 aromatic heterocycles. The van der Waals surface area contributed by atoms with Crippen LogP contribution in [0.15, 0.2) is 8.68 Å². The average Bonchev–Trinajstić information content (AvgIpc) is 2.77. The van der Waals surface area contributed by atoms with Gasteiger partial charge in [-0.1, -0.05) is 34.9 Å². The molecule has 2 rings (SSSR count). The first-order valence-electron chi connectivity index (χ1n) is 4.52. The fourth-order valence-corrected chi connectivity index (χ4v) is 4.39. The van der Waals surface area contributed by atoms with Gasteiger partial charge < -0.3 is 5.11 Å². The summed E-state index contributed by atoms with van der Waals surface area (Å²) in [7, 11) is 0. The number of nitrogens with zero attached hydrogens (tertiary/aromatic N) is 2. The zero-order chi connectivity index (χ0) is 9.97. The lowest BCUT2D eigenvalue weighted by Gasteiger charge is -2.10. The quantitative estimate of drug-likeness (QED) is 0.831. The van der Waals surface area contributed by atoms with Crippen molar-refractivity contribution in [1.82, 2.24) is 10.2 Å². The Bertz CT molecular complexity index is 305. The summed E-state index contributed by atoms with van der Waals surface area (Å²) in [6.45, 7) is 0. The molecule has 0 radical (unpaired) electrons. The van der Waals surface area contributed by atoms with Crippen molar-refractivity contribution in [1.29, 1.82) is 0 Å². The van der Waals surface area contributed by atoms with Crippen molar-refractivity contribution in [3.63, 3.8) is 0 Å². The molecule has 0 unspecified atom stereocenters. The lowest BCUT2D eigenvalue weighted by Crippen LogP contribution is -2.14. The van der Waals surface area contributed by atoms with E-state index in [0.717, 1.165) is 27.9 Å². The standard InChI is InChI=1S/C8H12N2OS3/c1-12-7-9-10-8(14-7)13-6-4-2-3-5(6)11/h5-6,11H,2-4H2,1H3/t5-,6-/m0/s1. The molecule has 78 valence electrons. The van der Waals surface area contributed by atoms with Crippen LogP contribution in [0.5, 0.6) is 0 Å². The van der Waals surface area contributed by atoms with Gasteiger partial charge in [-0.05, 0) is 25.5 Å². The van der Waals surface area contributed by atoms with Gasteiger partial charge in [0.15, 0.2) is 8.68 Å².